The van der Waals surface area contributed by atoms with Crippen LogP contribution in [0.4, 0.5) is 0 Å². The van der Waals surface area contributed by atoms with E-state index in [1.165, 1.54) is 11.8 Å². The van der Waals surface area contributed by atoms with Crippen LogP contribution in [0.1, 0.15) is 24.1 Å². The van der Waals surface area contributed by atoms with Crippen LogP contribution in [0, 0.1) is 0 Å². The van der Waals surface area contributed by atoms with Gasteiger partial charge in [0.05, 0.1) is 18.3 Å². The van der Waals surface area contributed by atoms with Gasteiger partial charge < -0.3 is 14.9 Å². The summed E-state index contributed by atoms with van der Waals surface area (Å²) in [7, 11) is 0. The Morgan fingerprint density at radius 3 is 2.57 bits per heavy atom. The molecule has 0 spiro atoms. The third-order valence-corrected chi connectivity index (χ3v) is 5.78. The molecule has 6 nitrogen and oxygen atoms in total. The Kier molecular flexibility index (Phi) is 6.18. The van der Waals surface area contributed by atoms with Crippen LogP contribution < -0.4 is 10.5 Å². The van der Waals surface area contributed by atoms with Crippen molar-refractivity contribution in [2.75, 3.05) is 6.61 Å². The number of thioether (sulfide) groups is 1. The van der Waals surface area contributed by atoms with Crippen LogP contribution in [0.15, 0.2) is 64.0 Å². The number of hydrogen-bond acceptors (Lipinski definition) is 6. The van der Waals surface area contributed by atoms with E-state index in [2.05, 4.69) is 16.9 Å². The lowest BCUT2D eigenvalue weighted by atomic mass is 10.1. The highest BCUT2D eigenvalue weighted by Crippen LogP contribution is 2.26. The largest absolute Gasteiger partial charge is 0.493 e. The Hall–Kier alpha value is -3.06. The molecule has 1 aliphatic rings. The predicted octanol–water partition coefficient (Wildman–Crippen LogP) is 4.02. The van der Waals surface area contributed by atoms with E-state index in [1.807, 2.05) is 54.6 Å². The van der Waals surface area contributed by atoms with Crippen LogP contribution in [-0.4, -0.2) is 27.9 Å². The molecule has 2 heterocycles. The van der Waals surface area contributed by atoms with E-state index in [-0.39, 0.29) is 11.2 Å². The van der Waals surface area contributed by atoms with Crippen molar-refractivity contribution in [1.29, 1.82) is 0 Å². The van der Waals surface area contributed by atoms with Gasteiger partial charge in [0, 0.05) is 12.0 Å². The minimum Gasteiger partial charge on any atom is -0.493 e. The van der Waals surface area contributed by atoms with Crippen LogP contribution in [0.3, 0.4) is 0 Å². The second kappa shape index (κ2) is 9.17. The van der Waals surface area contributed by atoms with Gasteiger partial charge in [-0.1, -0.05) is 61.2 Å². The second-order valence-corrected chi connectivity index (χ2v) is 8.16. The summed E-state index contributed by atoms with van der Waals surface area (Å²) in [6.45, 7) is 2.53. The molecular weight excluding hydrogens is 398 g/mol. The number of aryl methyl sites for hydroxylation is 1. The molecule has 0 saturated carbocycles. The maximum absolute atomic E-state index is 11.7. The lowest BCUT2D eigenvalue weighted by molar-refractivity contribution is -0.117. The van der Waals surface area contributed by atoms with E-state index >= 15 is 0 Å². The molecule has 0 saturated heterocycles. The molecule has 0 radical (unpaired) electrons. The molecule has 7 heteroatoms. The zero-order valence-electron chi connectivity index (χ0n) is 16.7. The molecule has 1 unspecified atom stereocenters. The Balaban J connectivity index is 1.31. The monoisotopic (exact) mass is 421 g/mol. The van der Waals surface area contributed by atoms with Gasteiger partial charge in [0.15, 0.2) is 11.1 Å². The van der Waals surface area contributed by atoms with Crippen LogP contribution in [0.25, 0.3) is 11.3 Å². The highest BCUT2D eigenvalue weighted by Gasteiger charge is 2.26. The number of nitrogens with zero attached hydrogens (tertiary/aromatic N) is 2. The second-order valence-electron chi connectivity index (χ2n) is 6.94. The summed E-state index contributed by atoms with van der Waals surface area (Å²) in [6, 6.07) is 17.8. The van der Waals surface area contributed by atoms with Gasteiger partial charge in [-0.15, -0.1) is 0 Å². The third kappa shape index (κ3) is 4.74. The highest BCUT2D eigenvalue weighted by molar-refractivity contribution is 8.15. The van der Waals surface area contributed by atoms with Gasteiger partial charge in [-0.05, 0) is 24.1 Å². The molecule has 0 bridgehead atoms. The Morgan fingerprint density at radius 2 is 1.90 bits per heavy atom. The number of aliphatic imine (C=N–C) groups is 1. The van der Waals surface area contributed by atoms with Crippen LogP contribution in [0.5, 0.6) is 5.75 Å². The SMILES string of the molecule is CCc1oc(CCOc2ccc(CC3SC(N)=NC3=O)cc2)nc1-c1ccccc1. The average molecular weight is 422 g/mol. The number of aromatic nitrogens is 1. The summed E-state index contributed by atoms with van der Waals surface area (Å²) in [4.78, 5) is 20.2. The first-order chi connectivity index (χ1) is 14.6. The molecule has 154 valence electrons. The van der Waals surface area contributed by atoms with Gasteiger partial charge in [-0.3, -0.25) is 4.79 Å². The molecule has 1 atom stereocenters. The molecule has 4 rings (SSSR count). The molecule has 1 aromatic heterocycles. The minimum atomic E-state index is -0.228. The molecule has 1 aliphatic heterocycles. The average Bonchev–Trinajstić information content (AvgIpc) is 3.32. The fraction of sp³-hybridized carbons (Fsp3) is 0.261. The van der Waals surface area contributed by atoms with Crippen molar-refractivity contribution >= 4 is 22.8 Å². The summed E-state index contributed by atoms with van der Waals surface area (Å²) in [5.74, 6) is 2.18. The van der Waals surface area contributed by atoms with Gasteiger partial charge in [-0.25, -0.2) is 4.98 Å². The summed E-state index contributed by atoms with van der Waals surface area (Å²) < 4.78 is 11.8. The van der Waals surface area contributed by atoms with E-state index in [0.717, 1.165) is 34.8 Å². The van der Waals surface area contributed by atoms with Crippen LogP contribution in [-0.2, 0) is 24.1 Å². The summed E-state index contributed by atoms with van der Waals surface area (Å²) >= 11 is 1.32. The van der Waals surface area contributed by atoms with Crippen molar-refractivity contribution < 1.29 is 13.9 Å². The standard InChI is InChI=1S/C23H23N3O3S/c1-2-18-21(16-6-4-3-5-7-16)25-20(29-18)12-13-28-17-10-8-15(9-11-17)14-19-22(27)26-23(24)30-19/h3-11,19H,2,12-14H2,1H3,(H2,24,26,27). The van der Waals surface area contributed by atoms with Crippen molar-refractivity contribution in [3.63, 3.8) is 0 Å². The number of ether oxygens (including phenoxy) is 1. The van der Waals surface area contributed by atoms with E-state index in [0.29, 0.717) is 30.5 Å². The van der Waals surface area contributed by atoms with Gasteiger partial charge >= 0.3 is 0 Å². The molecular formula is C23H23N3O3S. The lowest BCUT2D eigenvalue weighted by Gasteiger charge is -2.08. The number of rotatable bonds is 8. The Labute approximate surface area is 179 Å². The molecule has 2 aromatic carbocycles. The molecule has 3 aromatic rings. The van der Waals surface area contributed by atoms with Crippen molar-refractivity contribution in [3.05, 3.63) is 71.8 Å². The Bertz CT molecular complexity index is 1050. The summed E-state index contributed by atoms with van der Waals surface area (Å²) in [5.41, 5.74) is 8.62. The fourth-order valence-electron chi connectivity index (χ4n) is 3.29. The van der Waals surface area contributed by atoms with E-state index in [4.69, 9.17) is 14.9 Å². The zero-order chi connectivity index (χ0) is 20.9. The van der Waals surface area contributed by atoms with Gasteiger partial charge in [0.25, 0.3) is 5.91 Å². The molecule has 1 amide bonds. The molecule has 0 aliphatic carbocycles. The van der Waals surface area contributed by atoms with Gasteiger partial charge in [-0.2, -0.15) is 4.99 Å². The third-order valence-electron chi connectivity index (χ3n) is 4.80. The number of benzene rings is 2. The number of amides is 1. The van der Waals surface area contributed by atoms with Crippen LogP contribution in [0.2, 0.25) is 0 Å². The number of amidine groups is 1. The number of carbonyl (C=O) groups excluding carboxylic acids is 1. The molecule has 30 heavy (non-hydrogen) atoms. The molecule has 2 N–H and O–H groups in total. The van der Waals surface area contributed by atoms with Crippen molar-refractivity contribution in [2.24, 2.45) is 10.7 Å². The topological polar surface area (TPSA) is 90.7 Å². The molecule has 0 fully saturated rings. The minimum absolute atomic E-state index is 0.162. The normalized spacial score (nSPS) is 16.0. The first kappa shape index (κ1) is 20.2. The summed E-state index contributed by atoms with van der Waals surface area (Å²) in [5, 5.41) is 0.117. The smallest absolute Gasteiger partial charge is 0.261 e. The van der Waals surface area contributed by atoms with E-state index in [9.17, 15) is 4.79 Å². The van der Waals surface area contributed by atoms with Crippen molar-refractivity contribution in [2.45, 2.75) is 31.4 Å². The summed E-state index contributed by atoms with van der Waals surface area (Å²) in [6.07, 6.45) is 1.98. The predicted molar refractivity (Wildman–Crippen MR) is 119 cm³/mol. The Morgan fingerprint density at radius 1 is 1.13 bits per heavy atom. The van der Waals surface area contributed by atoms with Crippen molar-refractivity contribution in [3.8, 4) is 17.0 Å². The maximum Gasteiger partial charge on any atom is 0.261 e. The van der Waals surface area contributed by atoms with Gasteiger partial charge in [0.2, 0.25) is 0 Å². The number of oxazole rings is 1. The number of hydrogen-bond donors (Lipinski definition) is 1. The number of nitrogens with two attached hydrogens (primary N) is 1. The van der Waals surface area contributed by atoms with E-state index in [1.54, 1.807) is 0 Å². The highest BCUT2D eigenvalue weighted by atomic mass is 32.2. The lowest BCUT2D eigenvalue weighted by Crippen LogP contribution is -2.14. The first-order valence-electron chi connectivity index (χ1n) is 9.92. The van der Waals surface area contributed by atoms with Gasteiger partial charge in [0.1, 0.15) is 17.2 Å². The zero-order valence-corrected chi connectivity index (χ0v) is 17.5. The fourth-order valence-corrected chi connectivity index (χ4v) is 4.16. The van der Waals surface area contributed by atoms with E-state index < -0.39 is 0 Å². The van der Waals surface area contributed by atoms with Crippen LogP contribution >= 0.6 is 11.8 Å². The quantitative estimate of drug-likeness (QED) is 0.591. The first-order valence-corrected chi connectivity index (χ1v) is 10.8. The maximum atomic E-state index is 11.7. The number of carbonyl (C=O) groups is 1. The van der Waals surface area contributed by atoms with Crippen molar-refractivity contribution in [1.82, 2.24) is 4.98 Å².